The van der Waals surface area contributed by atoms with Crippen molar-refractivity contribution in [1.29, 1.82) is 0 Å². The molecule has 41 heavy (non-hydrogen) atoms. The fraction of sp³-hybridized carbons (Fsp3) is 0.333. The van der Waals surface area contributed by atoms with Gasteiger partial charge in [0.2, 0.25) is 21.8 Å². The molecular weight excluding hydrogens is 566 g/mol. The smallest absolute Gasteiger partial charge is 0.242 e. The molecule has 0 fully saturated rings. The van der Waals surface area contributed by atoms with E-state index in [1.54, 1.807) is 30.3 Å². The van der Waals surface area contributed by atoms with Crippen molar-refractivity contribution in [2.45, 2.75) is 31.8 Å². The number of hydrogen-bond donors (Lipinski definition) is 1. The number of likely N-dealkylation sites (N-methyl/N-ethyl adjacent to an activating group) is 1. The fourth-order valence-electron chi connectivity index (χ4n) is 4.72. The summed E-state index contributed by atoms with van der Waals surface area (Å²) in [6.45, 7) is 0.992. The molecule has 4 rings (SSSR count). The van der Waals surface area contributed by atoms with Crippen molar-refractivity contribution in [2.24, 2.45) is 0 Å². The summed E-state index contributed by atoms with van der Waals surface area (Å²) < 4.78 is 37.9. The van der Waals surface area contributed by atoms with Crippen LogP contribution in [0.3, 0.4) is 0 Å². The molecule has 0 spiro atoms. The van der Waals surface area contributed by atoms with Crippen LogP contribution in [0.15, 0.2) is 72.8 Å². The minimum absolute atomic E-state index is 0.0172. The molecule has 0 saturated heterocycles. The van der Waals surface area contributed by atoms with Crippen molar-refractivity contribution >= 4 is 39.1 Å². The Kier molecular flexibility index (Phi) is 10.1. The van der Waals surface area contributed by atoms with E-state index in [0.717, 1.165) is 11.8 Å². The highest BCUT2D eigenvalue weighted by molar-refractivity contribution is 7.92. The highest BCUT2D eigenvalue weighted by atomic mass is 35.5. The van der Waals surface area contributed by atoms with E-state index in [1.807, 2.05) is 42.5 Å². The van der Waals surface area contributed by atoms with Crippen LogP contribution in [0.25, 0.3) is 0 Å². The van der Waals surface area contributed by atoms with Gasteiger partial charge in [0, 0.05) is 44.1 Å². The van der Waals surface area contributed by atoms with E-state index in [0.29, 0.717) is 47.4 Å². The van der Waals surface area contributed by atoms with Crippen molar-refractivity contribution in [3.8, 4) is 11.5 Å². The molecule has 218 valence electrons. The van der Waals surface area contributed by atoms with Gasteiger partial charge in [-0.15, -0.1) is 0 Å². The number of rotatable bonds is 12. The van der Waals surface area contributed by atoms with Crippen LogP contribution < -0.4 is 19.1 Å². The topological polar surface area (TPSA) is 105 Å². The predicted octanol–water partition coefficient (Wildman–Crippen LogP) is 4.04. The Morgan fingerprint density at radius 1 is 0.976 bits per heavy atom. The van der Waals surface area contributed by atoms with Gasteiger partial charge < -0.3 is 19.7 Å². The zero-order valence-electron chi connectivity index (χ0n) is 23.1. The lowest BCUT2D eigenvalue weighted by Crippen LogP contribution is -2.49. The van der Waals surface area contributed by atoms with Crippen molar-refractivity contribution in [1.82, 2.24) is 10.2 Å². The minimum atomic E-state index is -3.66. The predicted molar refractivity (Wildman–Crippen MR) is 159 cm³/mol. The Morgan fingerprint density at radius 2 is 1.66 bits per heavy atom. The van der Waals surface area contributed by atoms with Crippen LogP contribution in [-0.4, -0.2) is 64.2 Å². The Labute approximate surface area is 246 Å². The van der Waals surface area contributed by atoms with E-state index in [2.05, 4.69) is 5.32 Å². The number of hydrogen-bond acceptors (Lipinski definition) is 6. The van der Waals surface area contributed by atoms with Crippen LogP contribution in [0.1, 0.15) is 24.0 Å². The standard InChI is InChI=1S/C30H34ClN3O6S/c1-32-30(36)26(19-22-9-4-3-5-10-22)33(21-23-11-6-7-12-25(23)31)29(35)13-8-16-34(41(2,37)38)24-14-15-27-28(20-24)40-18-17-39-27/h3-7,9-12,14-15,20,26H,8,13,16-19,21H2,1-2H3,(H,32,36)/t26-/m0/s1. The number of sulfonamides is 1. The van der Waals surface area contributed by atoms with Gasteiger partial charge in [-0.2, -0.15) is 0 Å². The van der Waals surface area contributed by atoms with Crippen LogP contribution in [0, 0.1) is 0 Å². The van der Waals surface area contributed by atoms with E-state index < -0.39 is 16.1 Å². The average molecular weight is 600 g/mol. The third-order valence-electron chi connectivity index (χ3n) is 6.78. The lowest BCUT2D eigenvalue weighted by Gasteiger charge is -2.32. The van der Waals surface area contributed by atoms with E-state index in [4.69, 9.17) is 21.1 Å². The van der Waals surface area contributed by atoms with Gasteiger partial charge in [-0.25, -0.2) is 8.42 Å². The first kappa shape index (κ1) is 30.2. The lowest BCUT2D eigenvalue weighted by molar-refractivity contribution is -0.141. The van der Waals surface area contributed by atoms with Gasteiger partial charge in [0.1, 0.15) is 19.3 Å². The highest BCUT2D eigenvalue weighted by Crippen LogP contribution is 2.35. The molecule has 1 aliphatic heterocycles. The molecule has 1 atom stereocenters. The van der Waals surface area contributed by atoms with E-state index in [1.165, 1.54) is 16.3 Å². The van der Waals surface area contributed by atoms with Crippen LogP contribution in [-0.2, 0) is 32.6 Å². The Morgan fingerprint density at radius 3 is 2.34 bits per heavy atom. The first-order chi connectivity index (χ1) is 19.7. The number of fused-ring (bicyclic) bond motifs is 1. The molecule has 0 saturated carbocycles. The van der Waals surface area contributed by atoms with Crippen LogP contribution in [0.2, 0.25) is 5.02 Å². The summed E-state index contributed by atoms with van der Waals surface area (Å²) in [5.41, 5.74) is 2.03. The molecule has 3 aromatic rings. The van der Waals surface area contributed by atoms with Gasteiger partial charge in [0.05, 0.1) is 11.9 Å². The quantitative estimate of drug-likeness (QED) is 0.337. The van der Waals surface area contributed by atoms with Gasteiger partial charge in [-0.3, -0.25) is 13.9 Å². The number of anilines is 1. The Balaban J connectivity index is 1.55. The molecule has 0 radical (unpaired) electrons. The molecular formula is C30H34ClN3O6S. The molecule has 3 aromatic carbocycles. The Hall–Kier alpha value is -3.76. The van der Waals surface area contributed by atoms with Gasteiger partial charge in [-0.1, -0.05) is 60.1 Å². The number of carbonyl (C=O) groups excluding carboxylic acids is 2. The minimum Gasteiger partial charge on any atom is -0.486 e. The first-order valence-corrected chi connectivity index (χ1v) is 15.6. The number of benzene rings is 3. The molecule has 1 N–H and O–H groups in total. The summed E-state index contributed by atoms with van der Waals surface area (Å²) in [4.78, 5) is 28.4. The number of amides is 2. The molecule has 11 heteroatoms. The maximum Gasteiger partial charge on any atom is 0.242 e. The van der Waals surface area contributed by atoms with Crippen LogP contribution in [0.4, 0.5) is 5.69 Å². The third-order valence-corrected chi connectivity index (χ3v) is 8.34. The average Bonchev–Trinajstić information content (AvgIpc) is 2.97. The zero-order valence-corrected chi connectivity index (χ0v) is 24.7. The molecule has 1 heterocycles. The Bertz CT molecular complexity index is 1470. The number of nitrogens with zero attached hydrogens (tertiary/aromatic N) is 2. The van der Waals surface area contributed by atoms with Crippen molar-refractivity contribution in [3.63, 3.8) is 0 Å². The number of nitrogens with one attached hydrogen (secondary N) is 1. The molecule has 1 aliphatic rings. The monoisotopic (exact) mass is 599 g/mol. The van der Waals surface area contributed by atoms with E-state index >= 15 is 0 Å². The number of halogens is 1. The summed E-state index contributed by atoms with van der Waals surface area (Å²) in [6, 6.07) is 20.8. The SMILES string of the molecule is CNC(=O)[C@H](Cc1ccccc1)N(Cc1ccccc1Cl)C(=O)CCCN(c1ccc2c(c1)OCCO2)S(C)(=O)=O. The number of carbonyl (C=O) groups is 2. The molecule has 0 bridgehead atoms. The van der Waals surface area contributed by atoms with Gasteiger partial charge in [0.25, 0.3) is 0 Å². The third kappa shape index (κ3) is 7.92. The van der Waals surface area contributed by atoms with Crippen LogP contribution >= 0.6 is 11.6 Å². The van der Waals surface area contributed by atoms with Gasteiger partial charge in [-0.05, 0) is 35.7 Å². The second-order valence-electron chi connectivity index (χ2n) is 9.70. The maximum absolute atomic E-state index is 13.8. The summed E-state index contributed by atoms with van der Waals surface area (Å²) in [5, 5.41) is 3.17. The van der Waals surface area contributed by atoms with Gasteiger partial charge in [0.15, 0.2) is 11.5 Å². The normalized spacial score (nSPS) is 13.2. The highest BCUT2D eigenvalue weighted by Gasteiger charge is 2.30. The fourth-order valence-corrected chi connectivity index (χ4v) is 5.87. The maximum atomic E-state index is 13.8. The first-order valence-electron chi connectivity index (χ1n) is 13.3. The second-order valence-corrected chi connectivity index (χ2v) is 12.0. The molecule has 2 amide bonds. The largest absolute Gasteiger partial charge is 0.486 e. The summed E-state index contributed by atoms with van der Waals surface area (Å²) in [7, 11) is -2.12. The molecule has 0 unspecified atom stereocenters. The molecule has 0 aliphatic carbocycles. The van der Waals surface area contributed by atoms with Crippen molar-refractivity contribution in [2.75, 3.05) is 37.4 Å². The van der Waals surface area contributed by atoms with Gasteiger partial charge >= 0.3 is 0 Å². The van der Waals surface area contributed by atoms with Crippen molar-refractivity contribution < 1.29 is 27.5 Å². The summed E-state index contributed by atoms with van der Waals surface area (Å²) >= 11 is 6.43. The summed E-state index contributed by atoms with van der Waals surface area (Å²) in [6.07, 6.45) is 1.68. The zero-order chi connectivity index (χ0) is 29.4. The van der Waals surface area contributed by atoms with E-state index in [-0.39, 0.29) is 37.7 Å². The summed E-state index contributed by atoms with van der Waals surface area (Å²) in [5.74, 6) is 0.435. The molecule has 0 aromatic heterocycles. The van der Waals surface area contributed by atoms with Crippen molar-refractivity contribution in [3.05, 3.63) is 88.9 Å². The number of ether oxygens (including phenoxy) is 2. The second kappa shape index (κ2) is 13.7. The lowest BCUT2D eigenvalue weighted by atomic mass is 10.0. The van der Waals surface area contributed by atoms with E-state index in [9.17, 15) is 18.0 Å². The molecule has 9 nitrogen and oxygen atoms in total. The van der Waals surface area contributed by atoms with Crippen LogP contribution in [0.5, 0.6) is 11.5 Å².